The lowest BCUT2D eigenvalue weighted by Crippen LogP contribution is -2.08. The van der Waals surface area contributed by atoms with Crippen molar-refractivity contribution in [2.45, 2.75) is 19.9 Å². The zero-order valence-electron chi connectivity index (χ0n) is 10.1. The molecule has 0 aliphatic rings. The molecule has 1 aromatic heterocycles. The first kappa shape index (κ1) is 11.6. The van der Waals surface area contributed by atoms with Crippen LogP contribution >= 0.6 is 0 Å². The van der Waals surface area contributed by atoms with Crippen molar-refractivity contribution in [3.8, 4) is 11.4 Å². The molecule has 0 fully saturated rings. The Labute approximate surface area is 100 Å². The Balaban J connectivity index is 2.41. The van der Waals surface area contributed by atoms with Crippen molar-refractivity contribution >= 4 is 0 Å². The highest BCUT2D eigenvalue weighted by Crippen LogP contribution is 2.17. The number of methoxy groups -OCH3 is 1. The maximum atomic E-state index is 5.74. The first-order chi connectivity index (χ1) is 8.30. The van der Waals surface area contributed by atoms with Gasteiger partial charge in [-0.2, -0.15) is 0 Å². The lowest BCUT2D eigenvalue weighted by atomic mass is 10.2. The van der Waals surface area contributed by atoms with E-state index < -0.39 is 0 Å². The minimum Gasteiger partial charge on any atom is -0.497 e. The molecule has 0 saturated heterocycles. The third-order valence-corrected chi connectivity index (χ3v) is 2.69. The number of benzene rings is 1. The maximum Gasteiger partial charge on any atom is 0.119 e. The predicted octanol–water partition coefficient (Wildman–Crippen LogP) is 1.30. The van der Waals surface area contributed by atoms with Gasteiger partial charge in [-0.15, -0.1) is 5.10 Å². The van der Waals surface area contributed by atoms with E-state index in [2.05, 4.69) is 10.3 Å². The monoisotopic (exact) mass is 232 g/mol. The van der Waals surface area contributed by atoms with Gasteiger partial charge in [0.1, 0.15) is 5.75 Å². The molecular formula is C12H16N4O. The topological polar surface area (TPSA) is 66.0 Å². The standard InChI is InChI=1S/C12H16N4O/c1-3-11-12(8-13)16(15-14-11)9-4-6-10(17-2)7-5-9/h4-7H,3,8,13H2,1-2H3. The fraction of sp³-hybridized carbons (Fsp3) is 0.333. The molecule has 1 heterocycles. The molecular weight excluding hydrogens is 216 g/mol. The van der Waals surface area contributed by atoms with Gasteiger partial charge < -0.3 is 10.5 Å². The largest absolute Gasteiger partial charge is 0.497 e. The first-order valence-electron chi connectivity index (χ1n) is 5.58. The zero-order valence-corrected chi connectivity index (χ0v) is 10.1. The van der Waals surface area contributed by atoms with E-state index in [9.17, 15) is 0 Å². The highest BCUT2D eigenvalue weighted by Gasteiger charge is 2.10. The van der Waals surface area contributed by atoms with Gasteiger partial charge in [0.25, 0.3) is 0 Å². The molecule has 0 aliphatic carbocycles. The highest BCUT2D eigenvalue weighted by molar-refractivity contribution is 5.38. The average molecular weight is 232 g/mol. The summed E-state index contributed by atoms with van der Waals surface area (Å²) >= 11 is 0. The van der Waals surface area contributed by atoms with E-state index in [0.29, 0.717) is 6.54 Å². The second kappa shape index (κ2) is 4.97. The molecule has 0 bridgehead atoms. The highest BCUT2D eigenvalue weighted by atomic mass is 16.5. The maximum absolute atomic E-state index is 5.74. The molecule has 17 heavy (non-hydrogen) atoms. The molecule has 0 aliphatic heterocycles. The smallest absolute Gasteiger partial charge is 0.119 e. The molecule has 5 nitrogen and oxygen atoms in total. The fourth-order valence-electron chi connectivity index (χ4n) is 1.74. The van der Waals surface area contributed by atoms with Gasteiger partial charge in [0.15, 0.2) is 0 Å². The van der Waals surface area contributed by atoms with Crippen LogP contribution in [0.4, 0.5) is 0 Å². The molecule has 2 N–H and O–H groups in total. The fourth-order valence-corrected chi connectivity index (χ4v) is 1.74. The molecule has 2 rings (SSSR count). The van der Waals surface area contributed by atoms with E-state index in [1.165, 1.54) is 0 Å². The van der Waals surface area contributed by atoms with E-state index >= 15 is 0 Å². The lowest BCUT2D eigenvalue weighted by Gasteiger charge is -2.06. The number of nitrogens with zero attached hydrogens (tertiary/aromatic N) is 3. The number of hydrogen-bond donors (Lipinski definition) is 1. The van der Waals surface area contributed by atoms with Crippen molar-refractivity contribution in [1.82, 2.24) is 15.0 Å². The van der Waals surface area contributed by atoms with Gasteiger partial charge in [-0.05, 0) is 30.7 Å². The number of rotatable bonds is 4. The van der Waals surface area contributed by atoms with Crippen molar-refractivity contribution in [2.24, 2.45) is 5.73 Å². The summed E-state index contributed by atoms with van der Waals surface area (Å²) in [4.78, 5) is 0. The summed E-state index contributed by atoms with van der Waals surface area (Å²) in [6, 6.07) is 7.66. The Morgan fingerprint density at radius 2 is 2.00 bits per heavy atom. The van der Waals surface area contributed by atoms with Gasteiger partial charge in [0.2, 0.25) is 0 Å². The van der Waals surface area contributed by atoms with Gasteiger partial charge >= 0.3 is 0 Å². The van der Waals surface area contributed by atoms with Gasteiger partial charge in [0.05, 0.1) is 24.2 Å². The van der Waals surface area contributed by atoms with Crippen molar-refractivity contribution in [2.75, 3.05) is 7.11 Å². The Morgan fingerprint density at radius 1 is 1.29 bits per heavy atom. The van der Waals surface area contributed by atoms with Crippen molar-refractivity contribution in [3.63, 3.8) is 0 Å². The van der Waals surface area contributed by atoms with Crippen LogP contribution in [-0.2, 0) is 13.0 Å². The zero-order chi connectivity index (χ0) is 12.3. The van der Waals surface area contributed by atoms with E-state index in [4.69, 9.17) is 10.5 Å². The van der Waals surface area contributed by atoms with Crippen LogP contribution in [-0.4, -0.2) is 22.1 Å². The summed E-state index contributed by atoms with van der Waals surface area (Å²) in [6.45, 7) is 2.48. The quantitative estimate of drug-likeness (QED) is 0.862. The number of ether oxygens (including phenoxy) is 1. The van der Waals surface area contributed by atoms with Crippen LogP contribution in [0.3, 0.4) is 0 Å². The van der Waals surface area contributed by atoms with Crippen LogP contribution in [0.2, 0.25) is 0 Å². The van der Waals surface area contributed by atoms with Crippen LogP contribution in [0.1, 0.15) is 18.3 Å². The summed E-state index contributed by atoms with van der Waals surface area (Å²) < 4.78 is 6.89. The van der Waals surface area contributed by atoms with Gasteiger partial charge in [-0.25, -0.2) is 4.68 Å². The lowest BCUT2D eigenvalue weighted by molar-refractivity contribution is 0.414. The third-order valence-electron chi connectivity index (χ3n) is 2.69. The SMILES string of the molecule is CCc1nnn(-c2ccc(OC)cc2)c1CN. The van der Waals surface area contributed by atoms with Crippen LogP contribution in [0, 0.1) is 0 Å². The second-order valence-corrected chi connectivity index (χ2v) is 3.65. The molecule has 0 amide bonds. The Bertz CT molecular complexity index is 490. The predicted molar refractivity (Wildman–Crippen MR) is 65.2 cm³/mol. The number of nitrogens with two attached hydrogens (primary N) is 1. The van der Waals surface area contributed by atoms with E-state index in [1.807, 2.05) is 31.2 Å². The van der Waals surface area contributed by atoms with Crippen molar-refractivity contribution in [3.05, 3.63) is 35.7 Å². The summed E-state index contributed by atoms with van der Waals surface area (Å²) in [5, 5.41) is 8.26. The normalized spacial score (nSPS) is 10.5. The first-order valence-corrected chi connectivity index (χ1v) is 5.58. The van der Waals surface area contributed by atoms with Gasteiger partial charge in [-0.3, -0.25) is 0 Å². The molecule has 0 atom stereocenters. The van der Waals surface area contributed by atoms with Crippen LogP contribution < -0.4 is 10.5 Å². The molecule has 0 saturated carbocycles. The van der Waals surface area contributed by atoms with Crippen molar-refractivity contribution in [1.29, 1.82) is 0 Å². The number of hydrogen-bond acceptors (Lipinski definition) is 4. The van der Waals surface area contributed by atoms with Crippen LogP contribution in [0.5, 0.6) is 5.75 Å². The minimum absolute atomic E-state index is 0.433. The summed E-state index contributed by atoms with van der Waals surface area (Å²) in [6.07, 6.45) is 0.836. The molecule has 1 aromatic carbocycles. The van der Waals surface area contributed by atoms with E-state index in [1.54, 1.807) is 11.8 Å². The Hall–Kier alpha value is -1.88. The Kier molecular flexibility index (Phi) is 3.39. The molecule has 90 valence electrons. The van der Waals surface area contributed by atoms with Crippen molar-refractivity contribution < 1.29 is 4.74 Å². The van der Waals surface area contributed by atoms with Gasteiger partial charge in [-0.1, -0.05) is 12.1 Å². The number of aromatic nitrogens is 3. The minimum atomic E-state index is 0.433. The second-order valence-electron chi connectivity index (χ2n) is 3.65. The molecule has 0 spiro atoms. The molecule has 5 heteroatoms. The summed E-state index contributed by atoms with van der Waals surface area (Å²) in [5.74, 6) is 0.818. The average Bonchev–Trinajstić information content (AvgIpc) is 2.81. The van der Waals surface area contributed by atoms with Gasteiger partial charge in [0, 0.05) is 6.54 Å². The van der Waals surface area contributed by atoms with E-state index in [-0.39, 0.29) is 0 Å². The van der Waals surface area contributed by atoms with Crippen LogP contribution in [0.15, 0.2) is 24.3 Å². The summed E-state index contributed by atoms with van der Waals surface area (Å²) in [7, 11) is 1.64. The number of aryl methyl sites for hydroxylation is 1. The molecule has 0 unspecified atom stereocenters. The summed E-state index contributed by atoms with van der Waals surface area (Å²) in [5.41, 5.74) is 8.59. The van der Waals surface area contributed by atoms with Crippen LogP contribution in [0.25, 0.3) is 5.69 Å². The molecule has 2 aromatic rings. The van der Waals surface area contributed by atoms with E-state index in [0.717, 1.165) is 29.2 Å². The molecule has 0 radical (unpaired) electrons. The third kappa shape index (κ3) is 2.14. The Morgan fingerprint density at radius 3 is 2.53 bits per heavy atom.